The van der Waals surface area contributed by atoms with Gasteiger partial charge in [0.2, 0.25) is 0 Å². The number of carbonyl (C=O) groups excluding carboxylic acids is 1. The van der Waals surface area contributed by atoms with Crippen molar-refractivity contribution >= 4 is 49.0 Å². The Labute approximate surface area is 225 Å². The maximum absolute atomic E-state index is 13.8. The van der Waals surface area contributed by atoms with Gasteiger partial charge in [0.05, 0.1) is 9.92 Å². The van der Waals surface area contributed by atoms with Crippen molar-refractivity contribution in [1.82, 2.24) is 0 Å². The van der Waals surface area contributed by atoms with E-state index in [1.165, 1.54) is 0 Å². The number of amides is 2. The summed E-state index contributed by atoms with van der Waals surface area (Å²) in [4.78, 5) is 10.9. The van der Waals surface area contributed by atoms with E-state index < -0.39 is 76.1 Å². The molecule has 2 aromatic rings. The van der Waals surface area contributed by atoms with Crippen LogP contribution in [0.15, 0.2) is 47.4 Å². The van der Waals surface area contributed by atoms with Crippen LogP contribution in [0.1, 0.15) is 0 Å². The Morgan fingerprint density at radius 1 is 0.707 bits per heavy atom. The zero-order chi connectivity index (χ0) is 32.0. The summed E-state index contributed by atoms with van der Waals surface area (Å²) in [5, 5.41) is -4.29. The second-order valence-corrected chi connectivity index (χ2v) is 11.3. The van der Waals surface area contributed by atoms with E-state index in [0.717, 1.165) is 12.1 Å². The van der Waals surface area contributed by atoms with Gasteiger partial charge in [-0.15, -0.1) is 0 Å². The minimum atomic E-state index is -7.56. The molecule has 0 unspecified atom stereocenters. The molecule has 0 saturated carbocycles. The fourth-order valence-electron chi connectivity index (χ4n) is 2.48. The van der Waals surface area contributed by atoms with Gasteiger partial charge in [0.15, 0.2) is 5.75 Å². The summed E-state index contributed by atoms with van der Waals surface area (Å²) in [6.45, 7) is 0. The molecule has 0 aliphatic carbocycles. The largest absolute Gasteiger partial charge is 0.501 e. The summed E-state index contributed by atoms with van der Waals surface area (Å²) in [6, 6.07) is 2.63. The molecule has 41 heavy (non-hydrogen) atoms. The SMILES string of the molecule is O=C(Nc1ccc(S(=O)(=O)C(F)(F)F)cc1)Nc1ccc(OS(=O)(=O)C(F)(F)C(F)(F)C(F)(F)C(F)(F)F)c(Cl)c1. The first-order valence-electron chi connectivity index (χ1n) is 9.62. The van der Waals surface area contributed by atoms with E-state index in [4.69, 9.17) is 11.6 Å². The third-order valence-electron chi connectivity index (χ3n) is 4.55. The molecule has 0 bridgehead atoms. The van der Waals surface area contributed by atoms with Gasteiger partial charge in [0.25, 0.3) is 9.84 Å². The van der Waals surface area contributed by atoms with Gasteiger partial charge in [-0.05, 0) is 42.5 Å². The number of hydrogen-bond acceptors (Lipinski definition) is 6. The number of sulfone groups is 1. The van der Waals surface area contributed by atoms with E-state index >= 15 is 0 Å². The van der Waals surface area contributed by atoms with Gasteiger partial charge in [-0.25, -0.2) is 13.2 Å². The molecule has 0 aliphatic rings. The lowest BCUT2D eigenvalue weighted by atomic mass is 10.1. The first kappa shape index (κ1) is 34.1. The van der Waals surface area contributed by atoms with Crippen LogP contribution in [-0.2, 0) is 20.0 Å². The van der Waals surface area contributed by atoms with Crippen LogP contribution in [0, 0.1) is 0 Å². The van der Waals surface area contributed by atoms with Gasteiger partial charge >= 0.3 is 44.9 Å². The highest BCUT2D eigenvalue weighted by Crippen LogP contribution is 2.55. The average Bonchev–Trinajstić information content (AvgIpc) is 2.79. The lowest BCUT2D eigenvalue weighted by Gasteiger charge is -2.32. The number of benzene rings is 2. The van der Waals surface area contributed by atoms with Crippen LogP contribution in [0.5, 0.6) is 5.75 Å². The zero-order valence-electron chi connectivity index (χ0n) is 18.7. The van der Waals surface area contributed by atoms with Gasteiger partial charge in [-0.2, -0.15) is 61.1 Å². The highest BCUT2D eigenvalue weighted by Gasteiger charge is 2.86. The Bertz CT molecular complexity index is 1530. The fraction of sp³-hybridized carbons (Fsp3) is 0.278. The monoisotopic (exact) mass is 676 g/mol. The van der Waals surface area contributed by atoms with Crippen molar-refractivity contribution in [2.45, 2.75) is 33.7 Å². The van der Waals surface area contributed by atoms with Crippen LogP contribution >= 0.6 is 11.6 Å². The summed E-state index contributed by atoms with van der Waals surface area (Å²) in [6.07, 6.45) is -7.30. The quantitative estimate of drug-likeness (QED) is 0.247. The summed E-state index contributed by atoms with van der Waals surface area (Å²) in [7, 11) is -13.0. The van der Waals surface area contributed by atoms with Gasteiger partial charge in [-0.3, -0.25) is 0 Å². The predicted octanol–water partition coefficient (Wildman–Crippen LogP) is 6.41. The van der Waals surface area contributed by atoms with E-state index in [2.05, 4.69) is 4.18 Å². The van der Waals surface area contributed by atoms with E-state index in [0.29, 0.717) is 30.3 Å². The standard InChI is InChI=1S/C18H9ClF12N2O6S2/c19-11-7-9(33-13(34)32-8-1-4-10(5-2-8)40(35,36)18(29,30)31)3-6-12(11)39-41(37,38)17(27,28)15(22,23)14(20,21)16(24,25)26/h1-7H,(H2,32,33,34). The Hall–Kier alpha value is -3.14. The minimum absolute atomic E-state index is 0.278. The van der Waals surface area contributed by atoms with Crippen molar-refractivity contribution in [3.8, 4) is 5.75 Å². The molecule has 0 saturated heterocycles. The Morgan fingerprint density at radius 3 is 1.61 bits per heavy atom. The second kappa shape index (κ2) is 10.6. The second-order valence-electron chi connectivity index (χ2n) is 7.40. The maximum atomic E-state index is 13.8. The van der Waals surface area contributed by atoms with Crippen molar-refractivity contribution < 1.29 is 78.5 Å². The highest BCUT2D eigenvalue weighted by molar-refractivity contribution is 7.92. The van der Waals surface area contributed by atoms with Crippen LogP contribution in [-0.4, -0.2) is 51.7 Å². The lowest BCUT2D eigenvalue weighted by Crippen LogP contribution is -2.63. The van der Waals surface area contributed by atoms with Crippen molar-refractivity contribution in [2.75, 3.05) is 10.6 Å². The molecule has 0 fully saturated rings. The summed E-state index contributed by atoms with van der Waals surface area (Å²) in [5.74, 6) is -16.6. The van der Waals surface area contributed by atoms with Crippen LogP contribution in [0.4, 0.5) is 68.9 Å². The number of carbonyl (C=O) groups is 1. The topological polar surface area (TPSA) is 119 Å². The molecule has 8 nitrogen and oxygen atoms in total. The van der Waals surface area contributed by atoms with Crippen molar-refractivity contribution in [3.63, 3.8) is 0 Å². The molecular weight excluding hydrogens is 668 g/mol. The molecule has 2 amide bonds. The summed E-state index contributed by atoms with van der Waals surface area (Å²) in [5.41, 5.74) is -6.34. The van der Waals surface area contributed by atoms with E-state index in [1.54, 1.807) is 0 Å². The Balaban J connectivity index is 2.20. The number of hydrogen-bond donors (Lipinski definition) is 2. The maximum Gasteiger partial charge on any atom is 0.501 e. The minimum Gasteiger partial charge on any atom is -0.376 e. The van der Waals surface area contributed by atoms with Crippen molar-refractivity contribution in [1.29, 1.82) is 0 Å². The molecule has 2 aromatic carbocycles. The van der Waals surface area contributed by atoms with Crippen molar-refractivity contribution in [2.24, 2.45) is 0 Å². The Morgan fingerprint density at radius 2 is 1.17 bits per heavy atom. The Kier molecular flexibility index (Phi) is 8.81. The number of nitrogens with one attached hydrogen (secondary N) is 2. The van der Waals surface area contributed by atoms with Gasteiger partial charge < -0.3 is 14.8 Å². The smallest absolute Gasteiger partial charge is 0.376 e. The molecular formula is C18H9ClF12N2O6S2. The molecule has 2 rings (SSSR count). The number of rotatable bonds is 8. The number of anilines is 2. The van der Waals surface area contributed by atoms with Crippen molar-refractivity contribution in [3.05, 3.63) is 47.5 Å². The third-order valence-corrected chi connectivity index (χ3v) is 7.63. The average molecular weight is 677 g/mol. The fourth-order valence-corrected chi connectivity index (χ4v) is 4.43. The number of alkyl halides is 12. The van der Waals surface area contributed by atoms with Gasteiger partial charge in [-0.1, -0.05) is 11.6 Å². The van der Waals surface area contributed by atoms with Gasteiger partial charge in [0.1, 0.15) is 0 Å². The number of urea groups is 1. The number of halogens is 13. The normalized spacial score (nSPS) is 14.0. The molecule has 0 heterocycles. The van der Waals surface area contributed by atoms with Crippen LogP contribution in [0.3, 0.4) is 0 Å². The zero-order valence-corrected chi connectivity index (χ0v) is 21.1. The molecule has 0 aliphatic heterocycles. The van der Waals surface area contributed by atoms with E-state index in [9.17, 15) is 74.3 Å². The predicted molar refractivity (Wildman–Crippen MR) is 114 cm³/mol. The first-order valence-corrected chi connectivity index (χ1v) is 12.9. The summed E-state index contributed by atoms with van der Waals surface area (Å²) < 4.78 is 204. The van der Waals surface area contributed by atoms with E-state index in [1.807, 2.05) is 10.6 Å². The van der Waals surface area contributed by atoms with Crippen LogP contribution in [0.25, 0.3) is 0 Å². The molecule has 0 aromatic heterocycles. The molecule has 0 spiro atoms. The van der Waals surface area contributed by atoms with Crippen LogP contribution < -0.4 is 14.8 Å². The molecule has 230 valence electrons. The third kappa shape index (κ3) is 6.37. The van der Waals surface area contributed by atoms with Gasteiger partial charge in [0, 0.05) is 11.4 Å². The molecule has 23 heteroatoms. The molecule has 0 radical (unpaired) electrons. The summed E-state index contributed by atoms with van der Waals surface area (Å²) >= 11 is 5.53. The van der Waals surface area contributed by atoms with Crippen LogP contribution in [0.2, 0.25) is 5.02 Å². The highest BCUT2D eigenvalue weighted by atomic mass is 35.5. The first-order chi connectivity index (χ1) is 18.2. The lowest BCUT2D eigenvalue weighted by molar-refractivity contribution is -0.382. The molecule has 2 N–H and O–H groups in total. The molecule has 0 atom stereocenters. The van der Waals surface area contributed by atoms with E-state index in [-0.39, 0.29) is 5.69 Å².